The van der Waals surface area contributed by atoms with Gasteiger partial charge in [0.2, 0.25) is 0 Å². The van der Waals surface area contributed by atoms with Crippen LogP contribution in [0.1, 0.15) is 36.2 Å². The molecule has 4 rings (SSSR count). The van der Waals surface area contributed by atoms with E-state index in [4.69, 9.17) is 4.98 Å². The molecule has 1 aliphatic heterocycles. The van der Waals surface area contributed by atoms with Gasteiger partial charge in [0, 0.05) is 34.6 Å². The van der Waals surface area contributed by atoms with Gasteiger partial charge in [-0.15, -0.1) is 0 Å². The third-order valence-electron chi connectivity index (χ3n) is 4.95. The lowest BCUT2D eigenvalue weighted by Crippen LogP contribution is -2.12. The molecule has 0 saturated heterocycles. The number of pyridine rings is 1. The third-order valence-corrected chi connectivity index (χ3v) is 4.95. The number of benzene rings is 2. The first-order chi connectivity index (χ1) is 11.7. The minimum atomic E-state index is 0.893. The van der Waals surface area contributed by atoms with Crippen LogP contribution in [0.15, 0.2) is 55.1 Å². The lowest BCUT2D eigenvalue weighted by molar-refractivity contribution is 1.04. The van der Waals surface area contributed by atoms with E-state index in [1.54, 1.807) is 0 Å². The van der Waals surface area contributed by atoms with Crippen LogP contribution in [0, 0.1) is 0 Å². The highest BCUT2D eigenvalue weighted by atomic mass is 15.2. The van der Waals surface area contributed by atoms with Gasteiger partial charge in [-0.3, -0.25) is 4.98 Å². The fourth-order valence-corrected chi connectivity index (χ4v) is 3.43. The van der Waals surface area contributed by atoms with Crippen LogP contribution in [0.5, 0.6) is 0 Å². The second-order valence-corrected chi connectivity index (χ2v) is 6.41. The Morgan fingerprint density at radius 1 is 1.00 bits per heavy atom. The molecular formula is C22H22N2. The summed E-state index contributed by atoms with van der Waals surface area (Å²) in [6, 6.07) is 17.6. The summed E-state index contributed by atoms with van der Waals surface area (Å²) in [5.74, 6) is 0. The molecule has 120 valence electrons. The van der Waals surface area contributed by atoms with E-state index in [0.29, 0.717) is 0 Å². The van der Waals surface area contributed by atoms with Gasteiger partial charge in [0.1, 0.15) is 0 Å². The molecule has 0 aliphatic carbocycles. The summed E-state index contributed by atoms with van der Waals surface area (Å²) >= 11 is 0. The summed E-state index contributed by atoms with van der Waals surface area (Å²) in [7, 11) is 0. The number of hydrogen-bond acceptors (Lipinski definition) is 2. The molecule has 0 radical (unpaired) electrons. The number of rotatable bonds is 3. The minimum Gasteiger partial charge on any atom is -0.337 e. The van der Waals surface area contributed by atoms with Gasteiger partial charge >= 0.3 is 0 Å². The average molecular weight is 314 g/mol. The molecule has 2 heteroatoms. The van der Waals surface area contributed by atoms with E-state index < -0.39 is 0 Å². The van der Waals surface area contributed by atoms with Crippen LogP contribution < -0.4 is 4.90 Å². The molecule has 0 bridgehead atoms. The largest absolute Gasteiger partial charge is 0.337 e. The van der Waals surface area contributed by atoms with Crippen molar-refractivity contribution in [3.05, 3.63) is 77.5 Å². The Morgan fingerprint density at radius 3 is 2.67 bits per heavy atom. The van der Waals surface area contributed by atoms with Crippen LogP contribution >= 0.6 is 0 Å². The molecule has 0 fully saturated rings. The zero-order valence-corrected chi connectivity index (χ0v) is 14.3. The van der Waals surface area contributed by atoms with Gasteiger partial charge in [-0.05, 0) is 54.3 Å². The van der Waals surface area contributed by atoms with Crippen LogP contribution in [0.25, 0.3) is 16.6 Å². The van der Waals surface area contributed by atoms with E-state index in [9.17, 15) is 0 Å². The minimum absolute atomic E-state index is 0.893. The lowest BCUT2D eigenvalue weighted by atomic mass is 10.0. The van der Waals surface area contributed by atoms with E-state index in [1.807, 2.05) is 0 Å². The molecule has 0 spiro atoms. The average Bonchev–Trinajstić information content (AvgIpc) is 2.97. The molecule has 0 atom stereocenters. The topological polar surface area (TPSA) is 16.1 Å². The Bertz CT molecular complexity index is 940. The molecule has 0 unspecified atom stereocenters. The Balaban J connectivity index is 1.72. The van der Waals surface area contributed by atoms with Crippen LogP contribution in [0.3, 0.4) is 0 Å². The Hall–Kier alpha value is -2.61. The van der Waals surface area contributed by atoms with Crippen molar-refractivity contribution in [2.45, 2.75) is 33.2 Å². The molecule has 2 heterocycles. The number of fused-ring (bicyclic) bond motifs is 2. The number of anilines is 1. The lowest BCUT2D eigenvalue weighted by Gasteiger charge is -2.20. The Labute approximate surface area is 143 Å². The first kappa shape index (κ1) is 14.9. The molecule has 1 aromatic heterocycles. The highest BCUT2D eigenvalue weighted by Gasteiger charge is 2.23. The molecular weight excluding hydrogens is 292 g/mol. The van der Waals surface area contributed by atoms with Crippen LogP contribution in [-0.4, -0.2) is 4.98 Å². The number of nitrogens with zero attached hydrogens (tertiary/aromatic N) is 2. The van der Waals surface area contributed by atoms with Crippen molar-refractivity contribution < 1.29 is 0 Å². The second kappa shape index (κ2) is 5.79. The van der Waals surface area contributed by atoms with E-state index in [1.165, 1.54) is 27.8 Å². The quantitative estimate of drug-likeness (QED) is 0.648. The first-order valence-electron chi connectivity index (χ1n) is 8.68. The summed E-state index contributed by atoms with van der Waals surface area (Å²) < 4.78 is 0. The number of aromatic nitrogens is 1. The van der Waals surface area contributed by atoms with Gasteiger partial charge in [-0.1, -0.05) is 38.6 Å². The van der Waals surface area contributed by atoms with E-state index >= 15 is 0 Å². The highest BCUT2D eigenvalue weighted by molar-refractivity contribution is 5.89. The summed E-state index contributed by atoms with van der Waals surface area (Å²) in [6.07, 6.45) is 2.03. The summed E-state index contributed by atoms with van der Waals surface area (Å²) in [6.45, 7) is 9.57. The van der Waals surface area contributed by atoms with Gasteiger partial charge in [0.25, 0.3) is 0 Å². The molecule has 0 saturated carbocycles. The molecule has 1 aliphatic rings. The van der Waals surface area contributed by atoms with Crippen LogP contribution in [-0.2, 0) is 19.4 Å². The molecule has 24 heavy (non-hydrogen) atoms. The van der Waals surface area contributed by atoms with Crippen LogP contribution in [0.2, 0.25) is 0 Å². The maximum Gasteiger partial charge on any atom is 0.0706 e. The van der Waals surface area contributed by atoms with Crippen molar-refractivity contribution in [2.75, 3.05) is 4.90 Å². The molecule has 3 aromatic rings. The predicted octanol–water partition coefficient (Wildman–Crippen LogP) is 5.35. The molecule has 2 nitrogen and oxygen atoms in total. The van der Waals surface area contributed by atoms with Crippen molar-refractivity contribution in [1.82, 2.24) is 4.98 Å². The Morgan fingerprint density at radius 2 is 1.88 bits per heavy atom. The van der Waals surface area contributed by atoms with E-state index in [0.717, 1.165) is 36.3 Å². The fraction of sp³-hybridized carbons (Fsp3) is 0.227. The van der Waals surface area contributed by atoms with Crippen molar-refractivity contribution >= 4 is 22.3 Å². The van der Waals surface area contributed by atoms with E-state index in [2.05, 4.69) is 73.9 Å². The number of aryl methyl sites for hydroxylation is 2. The molecule has 0 N–H and O–H groups in total. The number of hydrogen-bond donors (Lipinski definition) is 0. The standard InChI is InChI=1S/C22H22N2/c1-4-16-6-7-18-14-24(15(3)21(18)12-16)20-10-11-22-17(13-20)8-9-19(5-2)23-22/h6-13H,3-5,14H2,1-2H3. The van der Waals surface area contributed by atoms with Crippen molar-refractivity contribution in [1.29, 1.82) is 0 Å². The van der Waals surface area contributed by atoms with Gasteiger partial charge in [-0.25, -0.2) is 0 Å². The van der Waals surface area contributed by atoms with E-state index in [-0.39, 0.29) is 0 Å². The monoisotopic (exact) mass is 314 g/mol. The van der Waals surface area contributed by atoms with Crippen molar-refractivity contribution in [3.8, 4) is 0 Å². The Kier molecular flexibility index (Phi) is 3.61. The van der Waals surface area contributed by atoms with Crippen LogP contribution in [0.4, 0.5) is 5.69 Å². The first-order valence-corrected chi connectivity index (χ1v) is 8.68. The zero-order chi connectivity index (χ0) is 16.7. The predicted molar refractivity (Wildman–Crippen MR) is 102 cm³/mol. The molecule has 2 aromatic carbocycles. The van der Waals surface area contributed by atoms with Gasteiger partial charge in [0.05, 0.1) is 5.52 Å². The molecule has 0 amide bonds. The highest BCUT2D eigenvalue weighted by Crippen LogP contribution is 2.37. The fourth-order valence-electron chi connectivity index (χ4n) is 3.43. The van der Waals surface area contributed by atoms with Gasteiger partial charge in [-0.2, -0.15) is 0 Å². The third kappa shape index (κ3) is 2.39. The van der Waals surface area contributed by atoms with Crippen molar-refractivity contribution in [3.63, 3.8) is 0 Å². The summed E-state index contributed by atoms with van der Waals surface area (Å²) in [4.78, 5) is 7.00. The maximum absolute atomic E-state index is 4.70. The SMILES string of the molecule is C=C1c2cc(CC)ccc2CN1c1ccc2nc(CC)ccc2c1. The van der Waals surface area contributed by atoms with Crippen molar-refractivity contribution in [2.24, 2.45) is 0 Å². The normalized spacial score (nSPS) is 13.6. The van der Waals surface area contributed by atoms with Gasteiger partial charge in [0.15, 0.2) is 0 Å². The zero-order valence-electron chi connectivity index (χ0n) is 14.3. The van der Waals surface area contributed by atoms with Gasteiger partial charge < -0.3 is 4.90 Å². The smallest absolute Gasteiger partial charge is 0.0706 e. The summed E-state index contributed by atoms with van der Waals surface area (Å²) in [5, 5.41) is 1.18. The second-order valence-electron chi connectivity index (χ2n) is 6.41. The summed E-state index contributed by atoms with van der Waals surface area (Å²) in [5.41, 5.74) is 8.50. The maximum atomic E-state index is 4.70.